The van der Waals surface area contributed by atoms with Gasteiger partial charge < -0.3 is 19.9 Å². The fraction of sp³-hybridized carbons (Fsp3) is 0.417. The zero-order valence-electron chi connectivity index (χ0n) is 19.4. The fourth-order valence-electron chi connectivity index (χ4n) is 3.61. The van der Waals surface area contributed by atoms with Crippen LogP contribution >= 0.6 is 24.0 Å². The summed E-state index contributed by atoms with van der Waals surface area (Å²) >= 11 is 0. The summed E-state index contributed by atoms with van der Waals surface area (Å²) in [6, 6.07) is 14.1. The first-order chi connectivity index (χ1) is 16.3. The predicted molar refractivity (Wildman–Crippen MR) is 142 cm³/mol. The van der Waals surface area contributed by atoms with Crippen LogP contribution in [-0.2, 0) is 24.2 Å². The van der Waals surface area contributed by atoms with E-state index in [0.717, 1.165) is 45.4 Å². The molecule has 34 heavy (non-hydrogen) atoms. The summed E-state index contributed by atoms with van der Waals surface area (Å²) in [5.41, 5.74) is 3.22. The summed E-state index contributed by atoms with van der Waals surface area (Å²) < 4.78 is 10.8. The molecule has 3 heterocycles. The predicted octanol–water partition coefficient (Wildman–Crippen LogP) is 2.88. The van der Waals surface area contributed by atoms with Crippen molar-refractivity contribution >= 4 is 29.9 Å². The molecule has 0 radical (unpaired) electrons. The van der Waals surface area contributed by atoms with E-state index in [1.165, 1.54) is 11.1 Å². The van der Waals surface area contributed by atoms with Crippen molar-refractivity contribution in [2.24, 2.45) is 4.99 Å². The number of hydrogen-bond donors (Lipinski definition) is 2. The van der Waals surface area contributed by atoms with Crippen molar-refractivity contribution in [1.82, 2.24) is 30.7 Å². The molecule has 0 unspecified atom stereocenters. The molecule has 0 bridgehead atoms. The Bertz CT molecular complexity index is 1020. The Labute approximate surface area is 217 Å². The second-order valence-electron chi connectivity index (χ2n) is 7.76. The Morgan fingerprint density at radius 2 is 1.85 bits per heavy atom. The van der Waals surface area contributed by atoms with E-state index in [1.807, 2.05) is 18.2 Å². The molecule has 9 nitrogen and oxygen atoms in total. The molecule has 0 spiro atoms. The third-order valence-corrected chi connectivity index (χ3v) is 5.36. The number of morpholine rings is 1. The topological polar surface area (TPSA) is 101 Å². The van der Waals surface area contributed by atoms with Crippen molar-refractivity contribution < 1.29 is 9.26 Å². The van der Waals surface area contributed by atoms with E-state index in [4.69, 9.17) is 14.3 Å². The molecule has 10 heteroatoms. The van der Waals surface area contributed by atoms with Crippen LogP contribution in [0.1, 0.15) is 23.9 Å². The molecular formula is C24H32IN7O2. The number of pyridine rings is 1. The van der Waals surface area contributed by atoms with Gasteiger partial charge in [-0.05, 0) is 30.2 Å². The summed E-state index contributed by atoms with van der Waals surface area (Å²) in [5.74, 6) is 1.84. The molecule has 3 aromatic rings. The van der Waals surface area contributed by atoms with E-state index in [9.17, 15) is 0 Å². The van der Waals surface area contributed by atoms with Gasteiger partial charge in [0, 0.05) is 45.3 Å². The van der Waals surface area contributed by atoms with E-state index in [1.54, 1.807) is 6.20 Å². The standard InChI is InChI=1S/C24H31N7O2.HI/c1-2-25-24(27-12-10-22-29-23(33-30-22)21-9-5-6-11-26-21)28-17-19-7-3-4-8-20(19)18-31-13-15-32-16-14-31;/h3-9,11H,2,10,12-18H2,1H3,(H2,25,27,28);1H. The molecule has 2 N–H and O–H groups in total. The normalized spacial score (nSPS) is 14.4. The molecule has 0 aliphatic carbocycles. The van der Waals surface area contributed by atoms with Crippen LogP contribution in [0.5, 0.6) is 0 Å². The van der Waals surface area contributed by atoms with Crippen molar-refractivity contribution in [3.8, 4) is 11.6 Å². The lowest BCUT2D eigenvalue weighted by atomic mass is 10.1. The van der Waals surface area contributed by atoms with Crippen molar-refractivity contribution in [3.05, 3.63) is 65.6 Å². The van der Waals surface area contributed by atoms with Crippen molar-refractivity contribution in [3.63, 3.8) is 0 Å². The number of benzene rings is 1. The van der Waals surface area contributed by atoms with Gasteiger partial charge in [-0.15, -0.1) is 24.0 Å². The highest BCUT2D eigenvalue weighted by atomic mass is 127. The maximum atomic E-state index is 5.47. The molecule has 4 rings (SSSR count). The SMILES string of the molecule is CCNC(=NCc1ccccc1CN1CCOCC1)NCCc1noc(-c2ccccn2)n1.I. The second-order valence-corrected chi connectivity index (χ2v) is 7.76. The van der Waals surface area contributed by atoms with Gasteiger partial charge in [0.05, 0.1) is 19.8 Å². The third kappa shape index (κ3) is 7.74. The highest BCUT2D eigenvalue weighted by Gasteiger charge is 2.13. The molecule has 1 fully saturated rings. The average molecular weight is 577 g/mol. The van der Waals surface area contributed by atoms with Gasteiger partial charge in [-0.3, -0.25) is 9.88 Å². The molecule has 1 aliphatic heterocycles. The molecule has 0 atom stereocenters. The number of ether oxygens (including phenoxy) is 1. The van der Waals surface area contributed by atoms with Crippen LogP contribution in [0.4, 0.5) is 0 Å². The number of aliphatic imine (C=N–C) groups is 1. The summed E-state index contributed by atoms with van der Waals surface area (Å²) in [4.78, 5) is 15.9. The minimum Gasteiger partial charge on any atom is -0.379 e. The highest BCUT2D eigenvalue weighted by molar-refractivity contribution is 14.0. The first-order valence-corrected chi connectivity index (χ1v) is 11.4. The number of nitrogens with zero attached hydrogens (tertiary/aromatic N) is 5. The van der Waals surface area contributed by atoms with Gasteiger partial charge in [-0.2, -0.15) is 4.98 Å². The number of hydrogen-bond acceptors (Lipinski definition) is 7. The van der Waals surface area contributed by atoms with Crippen LogP contribution in [-0.4, -0.2) is 65.4 Å². The van der Waals surface area contributed by atoms with Gasteiger partial charge in [-0.1, -0.05) is 35.5 Å². The third-order valence-electron chi connectivity index (χ3n) is 5.36. The number of rotatable bonds is 9. The van der Waals surface area contributed by atoms with E-state index in [-0.39, 0.29) is 24.0 Å². The van der Waals surface area contributed by atoms with E-state index in [0.29, 0.717) is 36.9 Å². The van der Waals surface area contributed by atoms with Crippen molar-refractivity contribution in [1.29, 1.82) is 0 Å². The van der Waals surface area contributed by atoms with Crippen LogP contribution in [0.15, 0.2) is 58.2 Å². The average Bonchev–Trinajstić information content (AvgIpc) is 3.33. The molecule has 1 saturated heterocycles. The number of guanidine groups is 1. The maximum absolute atomic E-state index is 5.47. The van der Waals surface area contributed by atoms with Gasteiger partial charge >= 0.3 is 0 Å². The Morgan fingerprint density at radius 3 is 2.62 bits per heavy atom. The van der Waals surface area contributed by atoms with Gasteiger partial charge in [0.2, 0.25) is 0 Å². The highest BCUT2D eigenvalue weighted by Crippen LogP contribution is 2.15. The smallest absolute Gasteiger partial charge is 0.276 e. The first kappa shape index (κ1) is 26.0. The minimum atomic E-state index is 0. The fourth-order valence-corrected chi connectivity index (χ4v) is 3.61. The monoisotopic (exact) mass is 577 g/mol. The van der Waals surface area contributed by atoms with Gasteiger partial charge in [-0.25, -0.2) is 4.99 Å². The Kier molecular flexibility index (Phi) is 10.7. The lowest BCUT2D eigenvalue weighted by Crippen LogP contribution is -2.38. The van der Waals surface area contributed by atoms with Gasteiger partial charge in [0.1, 0.15) is 5.69 Å². The lowest BCUT2D eigenvalue weighted by Gasteiger charge is -2.27. The number of halogens is 1. The van der Waals surface area contributed by atoms with Crippen molar-refractivity contribution in [2.45, 2.75) is 26.4 Å². The zero-order valence-corrected chi connectivity index (χ0v) is 21.8. The second kappa shape index (κ2) is 14.0. The number of nitrogens with one attached hydrogen (secondary N) is 2. The van der Waals surface area contributed by atoms with Crippen LogP contribution in [0.3, 0.4) is 0 Å². The summed E-state index contributed by atoms with van der Waals surface area (Å²) in [5, 5.41) is 10.7. The molecule has 1 aromatic carbocycles. The van der Waals surface area contributed by atoms with E-state index < -0.39 is 0 Å². The van der Waals surface area contributed by atoms with E-state index >= 15 is 0 Å². The van der Waals surface area contributed by atoms with Gasteiger partial charge in [0.25, 0.3) is 5.89 Å². The molecule has 2 aromatic heterocycles. The largest absolute Gasteiger partial charge is 0.379 e. The molecular weight excluding hydrogens is 545 g/mol. The molecule has 0 saturated carbocycles. The Morgan fingerprint density at radius 1 is 1.06 bits per heavy atom. The zero-order chi connectivity index (χ0) is 22.7. The molecule has 182 valence electrons. The van der Waals surface area contributed by atoms with Crippen LogP contribution in [0.25, 0.3) is 11.6 Å². The Hall–Kier alpha value is -2.57. The van der Waals surface area contributed by atoms with Gasteiger partial charge in [0.15, 0.2) is 11.8 Å². The van der Waals surface area contributed by atoms with Crippen LogP contribution in [0, 0.1) is 0 Å². The van der Waals surface area contributed by atoms with Crippen LogP contribution in [0.2, 0.25) is 0 Å². The van der Waals surface area contributed by atoms with E-state index in [2.05, 4.69) is 61.8 Å². The quantitative estimate of drug-likeness (QED) is 0.228. The summed E-state index contributed by atoms with van der Waals surface area (Å²) in [6.45, 7) is 8.58. The molecule has 1 aliphatic rings. The Balaban J connectivity index is 0.00000324. The first-order valence-electron chi connectivity index (χ1n) is 11.4. The summed E-state index contributed by atoms with van der Waals surface area (Å²) in [7, 11) is 0. The maximum Gasteiger partial charge on any atom is 0.276 e. The lowest BCUT2D eigenvalue weighted by molar-refractivity contribution is 0.0341. The summed E-state index contributed by atoms with van der Waals surface area (Å²) in [6.07, 6.45) is 2.33. The minimum absolute atomic E-state index is 0. The van der Waals surface area contributed by atoms with Crippen molar-refractivity contribution in [2.75, 3.05) is 39.4 Å². The van der Waals surface area contributed by atoms with Crippen LogP contribution < -0.4 is 10.6 Å². The number of aromatic nitrogens is 3. The molecule has 0 amide bonds.